The number of hydrogen-bond donors (Lipinski definition) is 0. The van der Waals surface area contributed by atoms with Crippen molar-refractivity contribution >= 4 is 17.2 Å². The van der Waals surface area contributed by atoms with Crippen molar-refractivity contribution in [2.24, 2.45) is 5.92 Å². The Morgan fingerprint density at radius 1 is 1.41 bits per heavy atom. The molecule has 0 aromatic carbocycles. The molecule has 0 spiro atoms. The van der Waals surface area contributed by atoms with Crippen LogP contribution < -0.4 is 0 Å². The molecule has 0 N–H and O–H groups in total. The van der Waals surface area contributed by atoms with Gasteiger partial charge in [0.1, 0.15) is 0 Å². The Morgan fingerprint density at radius 2 is 2.27 bits per heavy atom. The SMILES string of the molecule is Cc1nc([C@@H]2CCCN2C(=O)[C@@H]2C[C@H]2c2ccc(C)s2)no1. The quantitative estimate of drug-likeness (QED) is 0.872. The average Bonchev–Trinajstić information content (AvgIpc) is 2.85. The summed E-state index contributed by atoms with van der Waals surface area (Å²) in [5, 5.41) is 4.01. The highest BCUT2D eigenvalue weighted by atomic mass is 32.1. The van der Waals surface area contributed by atoms with Crippen molar-refractivity contribution in [2.45, 2.75) is 45.1 Å². The molecule has 0 radical (unpaired) electrons. The van der Waals surface area contributed by atoms with Gasteiger partial charge in [-0.3, -0.25) is 4.79 Å². The predicted molar refractivity (Wildman–Crippen MR) is 82.6 cm³/mol. The molecule has 1 aliphatic heterocycles. The monoisotopic (exact) mass is 317 g/mol. The molecule has 0 unspecified atom stereocenters. The van der Waals surface area contributed by atoms with E-state index in [0.29, 0.717) is 17.6 Å². The van der Waals surface area contributed by atoms with Crippen LogP contribution in [0.2, 0.25) is 0 Å². The van der Waals surface area contributed by atoms with Gasteiger partial charge in [-0.15, -0.1) is 11.3 Å². The van der Waals surface area contributed by atoms with E-state index >= 15 is 0 Å². The molecule has 22 heavy (non-hydrogen) atoms. The van der Waals surface area contributed by atoms with Gasteiger partial charge in [-0.05, 0) is 38.3 Å². The van der Waals surface area contributed by atoms with Crippen LogP contribution >= 0.6 is 11.3 Å². The van der Waals surface area contributed by atoms with E-state index in [1.54, 1.807) is 6.92 Å². The number of likely N-dealkylation sites (tertiary alicyclic amines) is 1. The van der Waals surface area contributed by atoms with Gasteiger partial charge in [-0.25, -0.2) is 0 Å². The zero-order valence-electron chi connectivity index (χ0n) is 12.8. The molecule has 1 saturated heterocycles. The Balaban J connectivity index is 1.48. The fraction of sp³-hybridized carbons (Fsp3) is 0.562. The average molecular weight is 317 g/mol. The summed E-state index contributed by atoms with van der Waals surface area (Å²) in [6.07, 6.45) is 2.92. The molecule has 0 bridgehead atoms. The first-order chi connectivity index (χ1) is 10.6. The van der Waals surface area contributed by atoms with E-state index in [1.807, 2.05) is 16.2 Å². The van der Waals surface area contributed by atoms with Crippen molar-refractivity contribution in [1.82, 2.24) is 15.0 Å². The minimum absolute atomic E-state index is 0.00345. The molecule has 1 aliphatic carbocycles. The fourth-order valence-corrected chi connectivity index (χ4v) is 4.45. The fourth-order valence-electron chi connectivity index (χ4n) is 3.40. The first kappa shape index (κ1) is 13.9. The molecule has 2 fully saturated rings. The molecule has 3 heterocycles. The topological polar surface area (TPSA) is 59.2 Å². The van der Waals surface area contributed by atoms with Crippen LogP contribution in [0.1, 0.15) is 52.7 Å². The van der Waals surface area contributed by atoms with E-state index in [4.69, 9.17) is 4.52 Å². The second-order valence-electron chi connectivity index (χ2n) is 6.26. The summed E-state index contributed by atoms with van der Waals surface area (Å²) in [5.41, 5.74) is 0. The van der Waals surface area contributed by atoms with E-state index < -0.39 is 0 Å². The second-order valence-corrected chi connectivity index (χ2v) is 7.58. The largest absolute Gasteiger partial charge is 0.340 e. The maximum Gasteiger partial charge on any atom is 0.226 e. The number of hydrogen-bond acceptors (Lipinski definition) is 5. The minimum Gasteiger partial charge on any atom is -0.340 e. The van der Waals surface area contributed by atoms with E-state index in [9.17, 15) is 4.79 Å². The molecule has 5 nitrogen and oxygen atoms in total. The van der Waals surface area contributed by atoms with Crippen molar-refractivity contribution < 1.29 is 9.32 Å². The summed E-state index contributed by atoms with van der Waals surface area (Å²) >= 11 is 1.81. The molecule has 116 valence electrons. The van der Waals surface area contributed by atoms with Crippen LogP contribution in [0.5, 0.6) is 0 Å². The van der Waals surface area contributed by atoms with E-state index in [1.165, 1.54) is 9.75 Å². The zero-order valence-corrected chi connectivity index (χ0v) is 13.6. The van der Waals surface area contributed by atoms with Crippen LogP contribution in [-0.2, 0) is 4.79 Å². The molecule has 1 saturated carbocycles. The summed E-state index contributed by atoms with van der Waals surface area (Å²) in [4.78, 5) is 21.8. The van der Waals surface area contributed by atoms with Crippen LogP contribution in [0.25, 0.3) is 0 Å². The number of thiophene rings is 1. The predicted octanol–water partition coefficient (Wildman–Crippen LogP) is 3.22. The van der Waals surface area contributed by atoms with E-state index in [2.05, 4.69) is 29.2 Å². The lowest BCUT2D eigenvalue weighted by Gasteiger charge is -2.22. The maximum absolute atomic E-state index is 12.8. The van der Waals surface area contributed by atoms with Gasteiger partial charge in [0.15, 0.2) is 5.82 Å². The van der Waals surface area contributed by atoms with E-state index in [0.717, 1.165) is 25.8 Å². The third-order valence-corrected chi connectivity index (χ3v) is 5.74. The van der Waals surface area contributed by atoms with Crippen molar-refractivity contribution in [3.63, 3.8) is 0 Å². The smallest absolute Gasteiger partial charge is 0.226 e. The van der Waals surface area contributed by atoms with Crippen molar-refractivity contribution in [3.05, 3.63) is 33.6 Å². The van der Waals surface area contributed by atoms with Gasteiger partial charge in [0.25, 0.3) is 0 Å². The number of rotatable bonds is 3. The Morgan fingerprint density at radius 3 is 2.95 bits per heavy atom. The number of aromatic nitrogens is 2. The number of carbonyl (C=O) groups is 1. The van der Waals surface area contributed by atoms with Crippen LogP contribution in [0.4, 0.5) is 0 Å². The lowest BCUT2D eigenvalue weighted by Crippen LogP contribution is -2.32. The summed E-state index contributed by atoms with van der Waals surface area (Å²) in [6.45, 7) is 4.71. The Bertz CT molecular complexity index is 708. The molecular formula is C16H19N3O2S. The molecular weight excluding hydrogens is 298 g/mol. The highest BCUT2D eigenvalue weighted by Crippen LogP contribution is 2.51. The Hall–Kier alpha value is -1.69. The van der Waals surface area contributed by atoms with Gasteiger partial charge >= 0.3 is 0 Å². The highest BCUT2D eigenvalue weighted by Gasteiger charge is 2.48. The second kappa shape index (κ2) is 5.19. The number of aryl methyl sites for hydroxylation is 2. The third kappa shape index (κ3) is 2.35. The Labute approximate surface area is 133 Å². The van der Waals surface area contributed by atoms with Gasteiger partial charge in [0.2, 0.25) is 11.8 Å². The lowest BCUT2D eigenvalue weighted by atomic mass is 10.2. The third-order valence-electron chi connectivity index (χ3n) is 4.61. The summed E-state index contributed by atoms with van der Waals surface area (Å²) in [7, 11) is 0. The molecule has 2 aromatic rings. The summed E-state index contributed by atoms with van der Waals surface area (Å²) in [5.74, 6) is 2.05. The minimum atomic E-state index is -0.00345. The van der Waals surface area contributed by atoms with Gasteiger partial charge < -0.3 is 9.42 Å². The first-order valence-electron chi connectivity index (χ1n) is 7.80. The van der Waals surface area contributed by atoms with E-state index in [-0.39, 0.29) is 17.9 Å². The summed E-state index contributed by atoms with van der Waals surface area (Å²) < 4.78 is 5.08. The number of nitrogens with zero attached hydrogens (tertiary/aromatic N) is 3. The molecule has 1 amide bonds. The van der Waals surface area contributed by atoms with Crippen LogP contribution in [0.3, 0.4) is 0 Å². The van der Waals surface area contributed by atoms with Crippen molar-refractivity contribution in [1.29, 1.82) is 0 Å². The van der Waals surface area contributed by atoms with Gasteiger partial charge in [0.05, 0.1) is 6.04 Å². The standard InChI is InChI=1S/C16H19N3O2S/c1-9-5-6-14(22-9)11-8-12(11)16(20)19-7-3-4-13(19)15-17-10(2)21-18-15/h5-6,11-13H,3-4,7-8H2,1-2H3/t11-,12-,13+/m1/s1. The van der Waals surface area contributed by atoms with Gasteiger partial charge in [-0.2, -0.15) is 4.98 Å². The molecule has 3 atom stereocenters. The highest BCUT2D eigenvalue weighted by molar-refractivity contribution is 7.12. The lowest BCUT2D eigenvalue weighted by molar-refractivity contribution is -0.133. The van der Waals surface area contributed by atoms with Gasteiger partial charge in [0, 0.05) is 35.1 Å². The van der Waals surface area contributed by atoms with Crippen LogP contribution in [0.15, 0.2) is 16.7 Å². The normalized spacial score (nSPS) is 27.4. The van der Waals surface area contributed by atoms with Crippen LogP contribution in [-0.4, -0.2) is 27.5 Å². The Kier molecular flexibility index (Phi) is 3.29. The number of amides is 1. The van der Waals surface area contributed by atoms with Crippen molar-refractivity contribution in [3.8, 4) is 0 Å². The summed E-state index contributed by atoms with van der Waals surface area (Å²) in [6, 6.07) is 4.30. The maximum atomic E-state index is 12.8. The molecule has 4 rings (SSSR count). The molecule has 6 heteroatoms. The first-order valence-corrected chi connectivity index (χ1v) is 8.62. The molecule has 2 aliphatic rings. The van der Waals surface area contributed by atoms with Crippen molar-refractivity contribution in [2.75, 3.05) is 6.54 Å². The molecule has 2 aromatic heterocycles. The van der Waals surface area contributed by atoms with Gasteiger partial charge in [-0.1, -0.05) is 5.16 Å². The zero-order chi connectivity index (χ0) is 15.3. The van der Waals surface area contributed by atoms with Crippen LogP contribution in [0, 0.1) is 19.8 Å². The number of carbonyl (C=O) groups excluding carboxylic acids is 1.